The first-order chi connectivity index (χ1) is 15.3. The number of para-hydroxylation sites is 3. The van der Waals surface area contributed by atoms with E-state index in [0.29, 0.717) is 36.7 Å². The van der Waals surface area contributed by atoms with Crippen LogP contribution >= 0.6 is 0 Å². The molecule has 0 N–H and O–H groups in total. The van der Waals surface area contributed by atoms with Gasteiger partial charge in [-0.25, -0.2) is 12.8 Å². The summed E-state index contributed by atoms with van der Waals surface area (Å²) < 4.78 is 48.2. The maximum absolute atomic E-state index is 14.7. The normalized spacial score (nSPS) is 13.0. The van der Waals surface area contributed by atoms with Crippen LogP contribution in [0.1, 0.15) is 22.8 Å². The first-order valence-corrected chi connectivity index (χ1v) is 11.7. The maximum atomic E-state index is 14.7. The Balaban J connectivity index is 1.70. The molecule has 0 saturated heterocycles. The summed E-state index contributed by atoms with van der Waals surface area (Å²) in [6, 6.07) is 17.5. The number of amides is 1. The average molecular weight is 455 g/mol. The number of ether oxygens (including phenoxy) is 1. The number of carbonyl (C=O) groups excluding carboxylic acids is 1. The number of nitrogens with zero attached hydrogens (tertiary/aromatic N) is 2. The molecule has 32 heavy (non-hydrogen) atoms. The summed E-state index contributed by atoms with van der Waals surface area (Å²) in [7, 11) is -2.46. The lowest BCUT2D eigenvalue weighted by Gasteiger charge is -2.22. The number of fused-ring (bicyclic) bond motifs is 1. The SMILES string of the molecule is CCOc1ccccc1N(C)C(=O)c1cc(S(=O)(=O)N2CCc3ccccc32)ccc1F. The van der Waals surface area contributed by atoms with Crippen LogP contribution in [-0.2, 0) is 16.4 Å². The summed E-state index contributed by atoms with van der Waals surface area (Å²) in [4.78, 5) is 14.3. The van der Waals surface area contributed by atoms with Crippen LogP contribution in [0.3, 0.4) is 0 Å². The number of hydrogen-bond donors (Lipinski definition) is 0. The Hall–Kier alpha value is -3.39. The lowest BCUT2D eigenvalue weighted by molar-refractivity contribution is 0.0988. The van der Waals surface area contributed by atoms with Crippen molar-refractivity contribution in [1.82, 2.24) is 0 Å². The molecule has 1 aliphatic heterocycles. The van der Waals surface area contributed by atoms with Gasteiger partial charge in [0.05, 0.1) is 28.4 Å². The van der Waals surface area contributed by atoms with E-state index in [4.69, 9.17) is 4.74 Å². The molecule has 0 radical (unpaired) electrons. The molecule has 166 valence electrons. The predicted molar refractivity (Wildman–Crippen MR) is 121 cm³/mol. The van der Waals surface area contributed by atoms with Crippen LogP contribution in [0.25, 0.3) is 0 Å². The Morgan fingerprint density at radius 1 is 1.09 bits per heavy atom. The Morgan fingerprint density at radius 2 is 1.81 bits per heavy atom. The molecule has 0 saturated carbocycles. The minimum Gasteiger partial charge on any atom is -0.492 e. The lowest BCUT2D eigenvalue weighted by Crippen LogP contribution is -2.30. The zero-order valence-corrected chi connectivity index (χ0v) is 18.6. The number of rotatable bonds is 6. The molecule has 1 aliphatic rings. The highest BCUT2D eigenvalue weighted by Gasteiger charge is 2.32. The third-order valence-corrected chi connectivity index (χ3v) is 7.24. The Morgan fingerprint density at radius 3 is 2.59 bits per heavy atom. The second-order valence-electron chi connectivity index (χ2n) is 7.36. The van der Waals surface area contributed by atoms with E-state index in [0.717, 1.165) is 17.7 Å². The molecule has 0 unspecified atom stereocenters. The average Bonchev–Trinajstić information content (AvgIpc) is 3.24. The molecule has 3 aromatic rings. The highest BCUT2D eigenvalue weighted by molar-refractivity contribution is 7.92. The van der Waals surface area contributed by atoms with Gasteiger partial charge in [0.15, 0.2) is 0 Å². The van der Waals surface area contributed by atoms with Crippen molar-refractivity contribution in [2.45, 2.75) is 18.2 Å². The topological polar surface area (TPSA) is 66.9 Å². The second kappa shape index (κ2) is 8.63. The molecule has 0 spiro atoms. The second-order valence-corrected chi connectivity index (χ2v) is 9.22. The van der Waals surface area contributed by atoms with Crippen molar-refractivity contribution in [2.75, 3.05) is 29.4 Å². The fourth-order valence-electron chi connectivity index (χ4n) is 3.82. The molecule has 1 amide bonds. The first-order valence-electron chi connectivity index (χ1n) is 10.2. The van der Waals surface area contributed by atoms with E-state index in [2.05, 4.69) is 0 Å². The van der Waals surface area contributed by atoms with Gasteiger partial charge >= 0.3 is 0 Å². The van der Waals surface area contributed by atoms with Crippen molar-refractivity contribution < 1.29 is 22.3 Å². The zero-order valence-electron chi connectivity index (χ0n) is 17.8. The van der Waals surface area contributed by atoms with Crippen molar-refractivity contribution in [3.8, 4) is 5.75 Å². The molecule has 0 aromatic heterocycles. The minimum atomic E-state index is -3.96. The number of benzene rings is 3. The van der Waals surface area contributed by atoms with Crippen LogP contribution in [0.4, 0.5) is 15.8 Å². The van der Waals surface area contributed by atoms with Gasteiger partial charge in [0.25, 0.3) is 15.9 Å². The summed E-state index contributed by atoms with van der Waals surface area (Å²) in [5.41, 5.74) is 1.67. The Bertz CT molecular complexity index is 1280. The van der Waals surface area contributed by atoms with Crippen LogP contribution in [0.15, 0.2) is 71.6 Å². The molecular weight excluding hydrogens is 431 g/mol. The molecule has 0 bridgehead atoms. The van der Waals surface area contributed by atoms with Crippen molar-refractivity contribution >= 4 is 27.3 Å². The third-order valence-electron chi connectivity index (χ3n) is 5.43. The van der Waals surface area contributed by atoms with Crippen LogP contribution in [0.5, 0.6) is 5.75 Å². The highest BCUT2D eigenvalue weighted by Crippen LogP contribution is 2.34. The third kappa shape index (κ3) is 3.82. The van der Waals surface area contributed by atoms with Crippen molar-refractivity contribution in [2.24, 2.45) is 0 Å². The predicted octanol–water partition coefficient (Wildman–Crippen LogP) is 4.25. The maximum Gasteiger partial charge on any atom is 0.264 e. The van der Waals surface area contributed by atoms with Crippen LogP contribution in [0, 0.1) is 5.82 Å². The van der Waals surface area contributed by atoms with Gasteiger partial charge in [-0.1, -0.05) is 30.3 Å². The molecule has 6 nitrogen and oxygen atoms in total. The first kappa shape index (κ1) is 21.8. The summed E-state index contributed by atoms with van der Waals surface area (Å²) >= 11 is 0. The summed E-state index contributed by atoms with van der Waals surface area (Å²) in [5, 5.41) is 0. The lowest BCUT2D eigenvalue weighted by atomic mass is 10.1. The van der Waals surface area contributed by atoms with Gasteiger partial charge in [0.1, 0.15) is 11.6 Å². The van der Waals surface area contributed by atoms with E-state index in [1.165, 1.54) is 22.3 Å². The Kier molecular flexibility index (Phi) is 5.88. The van der Waals surface area contributed by atoms with Crippen LogP contribution < -0.4 is 13.9 Å². The van der Waals surface area contributed by atoms with E-state index < -0.39 is 21.7 Å². The molecule has 0 atom stereocenters. The van der Waals surface area contributed by atoms with Gasteiger partial charge in [0, 0.05) is 13.6 Å². The van der Waals surface area contributed by atoms with Crippen LogP contribution in [-0.4, -0.2) is 34.5 Å². The van der Waals surface area contributed by atoms with Crippen molar-refractivity contribution in [3.63, 3.8) is 0 Å². The highest BCUT2D eigenvalue weighted by atomic mass is 32.2. The molecule has 4 rings (SSSR count). The molecule has 1 heterocycles. The van der Waals surface area contributed by atoms with Gasteiger partial charge in [-0.3, -0.25) is 9.10 Å². The standard InChI is InChI=1S/C24H23FN2O4S/c1-3-31-23-11-7-6-10-22(23)26(2)24(28)19-16-18(12-13-20(19)25)32(29,30)27-15-14-17-8-4-5-9-21(17)27/h4-13,16H,3,14-15H2,1-2H3. The fourth-order valence-corrected chi connectivity index (χ4v) is 5.35. The van der Waals surface area contributed by atoms with Gasteiger partial charge in [-0.2, -0.15) is 0 Å². The molecular formula is C24H23FN2O4S. The number of halogens is 1. The smallest absolute Gasteiger partial charge is 0.264 e. The largest absolute Gasteiger partial charge is 0.492 e. The van der Waals surface area contributed by atoms with Gasteiger partial charge in [-0.05, 0) is 55.3 Å². The fraction of sp³-hybridized carbons (Fsp3) is 0.208. The molecule has 3 aromatic carbocycles. The monoisotopic (exact) mass is 454 g/mol. The van der Waals surface area contributed by atoms with Crippen LogP contribution in [0.2, 0.25) is 0 Å². The number of sulfonamides is 1. The number of hydrogen-bond acceptors (Lipinski definition) is 4. The summed E-state index contributed by atoms with van der Waals surface area (Å²) in [6.45, 7) is 2.52. The van der Waals surface area contributed by atoms with E-state index in [1.807, 2.05) is 19.1 Å². The zero-order chi connectivity index (χ0) is 22.9. The minimum absolute atomic E-state index is 0.134. The van der Waals surface area contributed by atoms with E-state index >= 15 is 0 Å². The Labute approximate surface area is 186 Å². The van der Waals surface area contributed by atoms with Gasteiger partial charge < -0.3 is 9.64 Å². The van der Waals surface area contributed by atoms with Gasteiger partial charge in [0.2, 0.25) is 0 Å². The van der Waals surface area contributed by atoms with Crippen molar-refractivity contribution in [3.05, 3.63) is 83.7 Å². The summed E-state index contributed by atoms with van der Waals surface area (Å²) in [6.07, 6.45) is 0.597. The molecule has 0 aliphatic carbocycles. The number of anilines is 2. The van der Waals surface area contributed by atoms with E-state index in [-0.39, 0.29) is 10.5 Å². The van der Waals surface area contributed by atoms with E-state index in [1.54, 1.807) is 36.4 Å². The quantitative estimate of drug-likeness (QED) is 0.559. The van der Waals surface area contributed by atoms with E-state index in [9.17, 15) is 17.6 Å². The van der Waals surface area contributed by atoms with Crippen molar-refractivity contribution in [1.29, 1.82) is 0 Å². The molecule has 8 heteroatoms. The molecule has 0 fully saturated rings. The summed E-state index contributed by atoms with van der Waals surface area (Å²) in [5.74, 6) is -0.992. The number of carbonyl (C=O) groups is 1. The van der Waals surface area contributed by atoms with Gasteiger partial charge in [-0.15, -0.1) is 0 Å².